The number of anilines is 3. The molecular formula is C22H23N3O3. The summed E-state index contributed by atoms with van der Waals surface area (Å²) in [6.07, 6.45) is 1.68. The minimum absolute atomic E-state index is 0.292. The van der Waals surface area contributed by atoms with Crippen molar-refractivity contribution in [1.82, 2.24) is 4.98 Å². The number of carbonyl (C=O) groups excluding carboxylic acids is 1. The summed E-state index contributed by atoms with van der Waals surface area (Å²) in [6, 6.07) is 14.9. The summed E-state index contributed by atoms with van der Waals surface area (Å²) in [5.74, 6) is 1.26. The summed E-state index contributed by atoms with van der Waals surface area (Å²) >= 11 is 0. The van der Waals surface area contributed by atoms with Crippen molar-refractivity contribution in [2.45, 2.75) is 13.8 Å². The molecular weight excluding hydrogens is 354 g/mol. The highest BCUT2D eigenvalue weighted by Gasteiger charge is 2.11. The zero-order valence-electron chi connectivity index (χ0n) is 16.4. The van der Waals surface area contributed by atoms with E-state index in [0.717, 1.165) is 16.9 Å². The fourth-order valence-corrected chi connectivity index (χ4v) is 2.69. The fraction of sp³-hybridized carbons (Fsp3) is 0.182. The van der Waals surface area contributed by atoms with Crippen LogP contribution in [-0.2, 0) is 0 Å². The number of carbonyl (C=O) groups is 1. The van der Waals surface area contributed by atoms with Crippen molar-refractivity contribution in [2.75, 3.05) is 24.9 Å². The second-order valence-corrected chi connectivity index (χ2v) is 6.43. The summed E-state index contributed by atoms with van der Waals surface area (Å²) in [5.41, 5.74) is 4.63. The summed E-state index contributed by atoms with van der Waals surface area (Å²) in [6.45, 7) is 4.10. The normalized spacial score (nSPS) is 10.3. The highest BCUT2D eigenvalue weighted by Crippen LogP contribution is 2.24. The standard InChI is InChI=1S/C22H23N3O3/c1-14-5-6-15(2)20(9-14)24-17-7-8-21(23-13-17)25-22(26)16-10-18(27-3)12-19(11-16)28-4/h5-13,24H,1-4H3,(H,23,25,26). The highest BCUT2D eigenvalue weighted by atomic mass is 16.5. The van der Waals surface area contributed by atoms with Crippen molar-refractivity contribution in [3.8, 4) is 11.5 Å². The molecule has 0 aliphatic carbocycles. The maximum Gasteiger partial charge on any atom is 0.257 e. The van der Waals surface area contributed by atoms with Crippen LogP contribution in [0.25, 0.3) is 0 Å². The Kier molecular flexibility index (Phi) is 5.79. The Morgan fingerprint density at radius 3 is 2.25 bits per heavy atom. The third kappa shape index (κ3) is 4.59. The van der Waals surface area contributed by atoms with Crippen LogP contribution in [0.1, 0.15) is 21.5 Å². The second kappa shape index (κ2) is 8.43. The number of pyridine rings is 1. The number of nitrogens with one attached hydrogen (secondary N) is 2. The molecule has 0 bridgehead atoms. The van der Waals surface area contributed by atoms with Gasteiger partial charge in [0.15, 0.2) is 0 Å². The molecule has 28 heavy (non-hydrogen) atoms. The van der Waals surface area contributed by atoms with Gasteiger partial charge in [0.1, 0.15) is 17.3 Å². The molecule has 3 rings (SSSR count). The van der Waals surface area contributed by atoms with E-state index in [9.17, 15) is 4.79 Å². The lowest BCUT2D eigenvalue weighted by Gasteiger charge is -2.11. The Morgan fingerprint density at radius 1 is 0.929 bits per heavy atom. The summed E-state index contributed by atoms with van der Waals surface area (Å²) < 4.78 is 10.4. The molecule has 0 fully saturated rings. The van der Waals surface area contributed by atoms with Crippen molar-refractivity contribution in [3.05, 3.63) is 71.4 Å². The first-order valence-corrected chi connectivity index (χ1v) is 8.83. The van der Waals surface area contributed by atoms with Gasteiger partial charge in [-0.3, -0.25) is 4.79 Å². The molecule has 0 atom stereocenters. The van der Waals surface area contributed by atoms with Gasteiger partial charge in [-0.05, 0) is 55.3 Å². The maximum atomic E-state index is 12.5. The van der Waals surface area contributed by atoms with Crippen molar-refractivity contribution in [2.24, 2.45) is 0 Å². The first-order valence-electron chi connectivity index (χ1n) is 8.83. The molecule has 0 aliphatic heterocycles. The van der Waals surface area contributed by atoms with Crippen molar-refractivity contribution >= 4 is 23.1 Å². The van der Waals surface area contributed by atoms with E-state index in [1.807, 2.05) is 13.0 Å². The minimum atomic E-state index is -0.292. The molecule has 1 aromatic heterocycles. The summed E-state index contributed by atoms with van der Waals surface area (Å²) in [5, 5.41) is 6.13. The van der Waals surface area contributed by atoms with Crippen LogP contribution in [0.2, 0.25) is 0 Å². The monoisotopic (exact) mass is 377 g/mol. The van der Waals surface area contributed by atoms with Crippen LogP contribution in [0, 0.1) is 13.8 Å². The van der Waals surface area contributed by atoms with Gasteiger partial charge in [0, 0.05) is 17.3 Å². The highest BCUT2D eigenvalue weighted by molar-refractivity contribution is 6.04. The number of ether oxygens (including phenoxy) is 2. The molecule has 1 heterocycles. The van der Waals surface area contributed by atoms with E-state index in [0.29, 0.717) is 22.9 Å². The number of hydrogen-bond donors (Lipinski definition) is 2. The lowest BCUT2D eigenvalue weighted by Crippen LogP contribution is -2.13. The average molecular weight is 377 g/mol. The molecule has 2 aromatic carbocycles. The lowest BCUT2D eigenvalue weighted by molar-refractivity contribution is 0.102. The van der Waals surface area contributed by atoms with Crippen LogP contribution in [0.3, 0.4) is 0 Å². The maximum absolute atomic E-state index is 12.5. The molecule has 1 amide bonds. The van der Waals surface area contributed by atoms with Gasteiger partial charge in [-0.15, -0.1) is 0 Å². The number of hydrogen-bond acceptors (Lipinski definition) is 5. The van der Waals surface area contributed by atoms with Crippen LogP contribution in [0.5, 0.6) is 11.5 Å². The number of aromatic nitrogens is 1. The van der Waals surface area contributed by atoms with Crippen molar-refractivity contribution in [3.63, 3.8) is 0 Å². The first kappa shape index (κ1) is 19.2. The van der Waals surface area contributed by atoms with Crippen molar-refractivity contribution in [1.29, 1.82) is 0 Å². The largest absolute Gasteiger partial charge is 0.497 e. The van der Waals surface area contributed by atoms with Crippen LogP contribution < -0.4 is 20.1 Å². The fourth-order valence-electron chi connectivity index (χ4n) is 2.69. The zero-order chi connectivity index (χ0) is 20.1. The van der Waals surface area contributed by atoms with E-state index in [1.165, 1.54) is 5.56 Å². The molecule has 0 unspecified atom stereocenters. The van der Waals surface area contributed by atoms with E-state index in [2.05, 4.69) is 40.7 Å². The topological polar surface area (TPSA) is 72.5 Å². The second-order valence-electron chi connectivity index (χ2n) is 6.43. The first-order chi connectivity index (χ1) is 13.5. The van der Waals surface area contributed by atoms with Gasteiger partial charge < -0.3 is 20.1 Å². The van der Waals surface area contributed by atoms with Gasteiger partial charge in [-0.25, -0.2) is 4.98 Å². The van der Waals surface area contributed by atoms with Crippen molar-refractivity contribution < 1.29 is 14.3 Å². The number of nitrogens with zero attached hydrogens (tertiary/aromatic N) is 1. The van der Waals surface area contributed by atoms with E-state index in [4.69, 9.17) is 9.47 Å². The van der Waals surface area contributed by atoms with Gasteiger partial charge in [0.05, 0.1) is 26.1 Å². The lowest BCUT2D eigenvalue weighted by atomic mass is 10.1. The molecule has 6 heteroatoms. The molecule has 0 radical (unpaired) electrons. The molecule has 144 valence electrons. The number of aryl methyl sites for hydroxylation is 2. The Morgan fingerprint density at radius 2 is 1.64 bits per heavy atom. The molecule has 0 saturated carbocycles. The van der Waals surface area contributed by atoms with Gasteiger partial charge >= 0.3 is 0 Å². The van der Waals surface area contributed by atoms with E-state index >= 15 is 0 Å². The minimum Gasteiger partial charge on any atom is -0.497 e. The Labute approximate surface area is 164 Å². The number of benzene rings is 2. The zero-order valence-corrected chi connectivity index (χ0v) is 16.4. The smallest absolute Gasteiger partial charge is 0.257 e. The molecule has 2 N–H and O–H groups in total. The predicted molar refractivity (Wildman–Crippen MR) is 111 cm³/mol. The molecule has 3 aromatic rings. The van der Waals surface area contributed by atoms with Crippen LogP contribution >= 0.6 is 0 Å². The third-order valence-electron chi connectivity index (χ3n) is 4.29. The summed E-state index contributed by atoms with van der Waals surface area (Å²) in [7, 11) is 3.08. The van der Waals surface area contributed by atoms with Crippen LogP contribution in [0.4, 0.5) is 17.2 Å². The molecule has 6 nitrogen and oxygen atoms in total. The number of amides is 1. The van der Waals surface area contributed by atoms with Crippen LogP contribution in [0.15, 0.2) is 54.7 Å². The Bertz CT molecular complexity index is 963. The molecule has 0 saturated heterocycles. The Hall–Kier alpha value is -3.54. The Balaban J connectivity index is 1.72. The van der Waals surface area contributed by atoms with Gasteiger partial charge in [0.2, 0.25) is 0 Å². The molecule has 0 aliphatic rings. The SMILES string of the molecule is COc1cc(OC)cc(C(=O)Nc2ccc(Nc3cc(C)ccc3C)cn2)c1. The average Bonchev–Trinajstić information content (AvgIpc) is 2.71. The third-order valence-corrected chi connectivity index (χ3v) is 4.29. The van der Waals surface area contributed by atoms with Gasteiger partial charge in [-0.2, -0.15) is 0 Å². The van der Waals surface area contributed by atoms with Gasteiger partial charge in [-0.1, -0.05) is 12.1 Å². The quantitative estimate of drug-likeness (QED) is 0.651. The summed E-state index contributed by atoms with van der Waals surface area (Å²) in [4.78, 5) is 16.9. The van der Waals surface area contributed by atoms with E-state index < -0.39 is 0 Å². The molecule has 0 spiro atoms. The van der Waals surface area contributed by atoms with Crippen LogP contribution in [-0.4, -0.2) is 25.1 Å². The predicted octanol–water partition coefficient (Wildman–Crippen LogP) is 4.71. The number of rotatable bonds is 6. The number of methoxy groups -OCH3 is 2. The van der Waals surface area contributed by atoms with E-state index in [-0.39, 0.29) is 5.91 Å². The van der Waals surface area contributed by atoms with E-state index in [1.54, 1.807) is 44.7 Å². The van der Waals surface area contributed by atoms with Gasteiger partial charge in [0.25, 0.3) is 5.91 Å².